The van der Waals surface area contributed by atoms with Gasteiger partial charge in [-0.15, -0.1) is 0 Å². The van der Waals surface area contributed by atoms with E-state index < -0.39 is 0 Å². The molecule has 0 aliphatic carbocycles. The van der Waals surface area contributed by atoms with E-state index in [4.69, 9.17) is 0 Å². The van der Waals surface area contributed by atoms with Gasteiger partial charge in [-0.3, -0.25) is 4.79 Å². The molecule has 2 rings (SSSR count). The van der Waals surface area contributed by atoms with Crippen LogP contribution in [-0.2, 0) is 6.54 Å². The van der Waals surface area contributed by atoms with Crippen molar-refractivity contribution in [2.24, 2.45) is 5.92 Å². The fraction of sp³-hybridized carbons (Fsp3) is 0.533. The molecule has 1 unspecified atom stereocenters. The second kappa shape index (κ2) is 6.67. The van der Waals surface area contributed by atoms with E-state index in [0.717, 1.165) is 17.6 Å². The van der Waals surface area contributed by atoms with Gasteiger partial charge in [0.15, 0.2) is 5.65 Å². The van der Waals surface area contributed by atoms with Crippen LogP contribution in [-0.4, -0.2) is 40.3 Å². The topological polar surface area (TPSA) is 71.8 Å². The molecule has 0 radical (unpaired) electrons. The van der Waals surface area contributed by atoms with Crippen LogP contribution in [0.2, 0.25) is 0 Å². The second-order valence-corrected chi connectivity index (χ2v) is 5.76. The second-order valence-electron chi connectivity index (χ2n) is 5.76. The van der Waals surface area contributed by atoms with Crippen LogP contribution in [0.5, 0.6) is 0 Å². The summed E-state index contributed by atoms with van der Waals surface area (Å²) in [5, 5.41) is 11.2. The molecule has 2 N–H and O–H groups in total. The van der Waals surface area contributed by atoms with E-state index in [0.29, 0.717) is 18.0 Å². The Kier molecular flexibility index (Phi) is 4.90. The summed E-state index contributed by atoms with van der Waals surface area (Å²) in [6, 6.07) is 2.07. The first kappa shape index (κ1) is 15.4. The number of nitrogens with zero attached hydrogens (tertiary/aromatic N) is 3. The first-order chi connectivity index (χ1) is 10.0. The summed E-state index contributed by atoms with van der Waals surface area (Å²) in [7, 11) is 1.87. The normalized spacial score (nSPS) is 12.8. The maximum atomic E-state index is 12.1. The number of amides is 1. The van der Waals surface area contributed by atoms with Gasteiger partial charge in [0.05, 0.1) is 11.8 Å². The number of pyridine rings is 1. The van der Waals surface area contributed by atoms with Crippen molar-refractivity contribution in [2.75, 3.05) is 13.6 Å². The van der Waals surface area contributed by atoms with E-state index in [1.165, 1.54) is 0 Å². The summed E-state index contributed by atoms with van der Waals surface area (Å²) in [4.78, 5) is 16.5. The van der Waals surface area contributed by atoms with E-state index in [2.05, 4.69) is 34.6 Å². The van der Waals surface area contributed by atoms with Crippen LogP contribution in [0, 0.1) is 5.92 Å². The van der Waals surface area contributed by atoms with Crippen LogP contribution < -0.4 is 10.6 Å². The van der Waals surface area contributed by atoms with Gasteiger partial charge in [0.2, 0.25) is 0 Å². The molecule has 114 valence electrons. The number of carbonyl (C=O) groups is 1. The molecule has 0 aromatic carbocycles. The third-order valence-electron chi connectivity index (χ3n) is 3.34. The lowest BCUT2D eigenvalue weighted by Gasteiger charge is -2.11. The molecule has 21 heavy (non-hydrogen) atoms. The lowest BCUT2D eigenvalue weighted by atomic mass is 10.2. The molecule has 0 bridgehead atoms. The maximum Gasteiger partial charge on any atom is 0.252 e. The Bertz CT molecular complexity index is 620. The number of carbonyl (C=O) groups excluding carboxylic acids is 1. The summed E-state index contributed by atoms with van der Waals surface area (Å²) in [6.45, 7) is 7.69. The molecule has 1 amide bonds. The minimum absolute atomic E-state index is 0.108. The number of nitrogens with one attached hydrogen (secondary N) is 2. The van der Waals surface area contributed by atoms with E-state index >= 15 is 0 Å². The Hall–Kier alpha value is -1.95. The highest BCUT2D eigenvalue weighted by molar-refractivity contribution is 5.96. The Balaban J connectivity index is 2.14. The SMILES string of the molecule is CNC(C)CNC(=O)c1cnc2c(cnn2CC(C)C)c1. The number of hydrogen-bond donors (Lipinski definition) is 2. The molecule has 0 saturated carbocycles. The van der Waals surface area contributed by atoms with Crippen LogP contribution in [0.3, 0.4) is 0 Å². The third kappa shape index (κ3) is 3.78. The molecule has 0 aliphatic rings. The van der Waals surface area contributed by atoms with Crippen molar-refractivity contribution in [1.29, 1.82) is 0 Å². The van der Waals surface area contributed by atoms with Crippen molar-refractivity contribution in [1.82, 2.24) is 25.4 Å². The molecule has 0 spiro atoms. The average molecular weight is 289 g/mol. The van der Waals surface area contributed by atoms with E-state index in [-0.39, 0.29) is 11.9 Å². The van der Waals surface area contributed by atoms with Crippen molar-refractivity contribution in [2.45, 2.75) is 33.4 Å². The Labute approximate surface area is 124 Å². The Morgan fingerprint density at radius 2 is 2.10 bits per heavy atom. The molecule has 1 atom stereocenters. The number of rotatable bonds is 6. The van der Waals surface area contributed by atoms with Gasteiger partial charge in [0, 0.05) is 30.7 Å². The first-order valence-corrected chi connectivity index (χ1v) is 7.28. The van der Waals surface area contributed by atoms with Gasteiger partial charge in [-0.1, -0.05) is 13.8 Å². The van der Waals surface area contributed by atoms with Crippen LogP contribution in [0.25, 0.3) is 11.0 Å². The molecule has 0 aliphatic heterocycles. The third-order valence-corrected chi connectivity index (χ3v) is 3.34. The molecule has 0 fully saturated rings. The summed E-state index contributed by atoms with van der Waals surface area (Å²) in [5.74, 6) is 0.393. The monoisotopic (exact) mass is 289 g/mol. The van der Waals surface area contributed by atoms with Gasteiger partial charge >= 0.3 is 0 Å². The van der Waals surface area contributed by atoms with Crippen molar-refractivity contribution in [3.05, 3.63) is 24.0 Å². The predicted octanol–water partition coefficient (Wildman–Crippen LogP) is 1.42. The number of likely N-dealkylation sites (N-methyl/N-ethyl adjacent to an activating group) is 1. The quantitative estimate of drug-likeness (QED) is 0.844. The van der Waals surface area contributed by atoms with E-state index in [1.807, 2.05) is 24.7 Å². The smallest absolute Gasteiger partial charge is 0.252 e. The van der Waals surface area contributed by atoms with Gasteiger partial charge in [-0.05, 0) is 26.0 Å². The highest BCUT2D eigenvalue weighted by Gasteiger charge is 2.11. The molecule has 2 aromatic rings. The molecule has 0 saturated heterocycles. The lowest BCUT2D eigenvalue weighted by Crippen LogP contribution is -2.37. The lowest BCUT2D eigenvalue weighted by molar-refractivity contribution is 0.0950. The van der Waals surface area contributed by atoms with Crippen molar-refractivity contribution < 1.29 is 4.79 Å². The van der Waals surface area contributed by atoms with Crippen LogP contribution in [0.15, 0.2) is 18.5 Å². The molecule has 2 aromatic heterocycles. The highest BCUT2D eigenvalue weighted by atomic mass is 16.1. The zero-order valence-corrected chi connectivity index (χ0v) is 13.1. The molecular weight excluding hydrogens is 266 g/mol. The fourth-order valence-electron chi connectivity index (χ4n) is 2.03. The van der Waals surface area contributed by atoms with E-state index in [9.17, 15) is 4.79 Å². The minimum Gasteiger partial charge on any atom is -0.350 e. The zero-order chi connectivity index (χ0) is 15.4. The predicted molar refractivity (Wildman–Crippen MR) is 83.2 cm³/mol. The van der Waals surface area contributed by atoms with Gasteiger partial charge in [-0.2, -0.15) is 5.10 Å². The van der Waals surface area contributed by atoms with E-state index in [1.54, 1.807) is 12.4 Å². The van der Waals surface area contributed by atoms with Crippen LogP contribution in [0.4, 0.5) is 0 Å². The fourth-order valence-corrected chi connectivity index (χ4v) is 2.03. The highest BCUT2D eigenvalue weighted by Crippen LogP contribution is 2.14. The summed E-state index contributed by atoms with van der Waals surface area (Å²) < 4.78 is 1.88. The van der Waals surface area contributed by atoms with Crippen molar-refractivity contribution in [3.63, 3.8) is 0 Å². The molecule has 6 heteroatoms. The molecule has 6 nitrogen and oxygen atoms in total. The first-order valence-electron chi connectivity index (χ1n) is 7.28. The van der Waals surface area contributed by atoms with Crippen LogP contribution >= 0.6 is 0 Å². The summed E-state index contributed by atoms with van der Waals surface area (Å²) >= 11 is 0. The largest absolute Gasteiger partial charge is 0.350 e. The summed E-state index contributed by atoms with van der Waals surface area (Å²) in [6.07, 6.45) is 3.37. The maximum absolute atomic E-state index is 12.1. The zero-order valence-electron chi connectivity index (χ0n) is 13.1. The van der Waals surface area contributed by atoms with Crippen molar-refractivity contribution in [3.8, 4) is 0 Å². The molecular formula is C15H23N5O. The van der Waals surface area contributed by atoms with Gasteiger partial charge in [0.1, 0.15) is 0 Å². The Morgan fingerprint density at radius 1 is 1.33 bits per heavy atom. The standard InChI is InChI=1S/C15H23N5O/c1-10(2)9-20-14-12(8-19-20)5-13(7-17-14)15(21)18-6-11(3)16-4/h5,7-8,10-11,16H,6,9H2,1-4H3,(H,18,21). The average Bonchev–Trinajstić information content (AvgIpc) is 2.86. The van der Waals surface area contributed by atoms with Crippen LogP contribution in [0.1, 0.15) is 31.1 Å². The number of hydrogen-bond acceptors (Lipinski definition) is 4. The molecule has 2 heterocycles. The van der Waals surface area contributed by atoms with Crippen molar-refractivity contribution >= 4 is 16.9 Å². The number of fused-ring (bicyclic) bond motifs is 1. The Morgan fingerprint density at radius 3 is 2.76 bits per heavy atom. The van der Waals surface area contributed by atoms with Gasteiger partial charge in [-0.25, -0.2) is 9.67 Å². The van der Waals surface area contributed by atoms with Gasteiger partial charge in [0.25, 0.3) is 5.91 Å². The van der Waals surface area contributed by atoms with Gasteiger partial charge < -0.3 is 10.6 Å². The minimum atomic E-state index is -0.108. The summed E-state index contributed by atoms with van der Waals surface area (Å²) in [5.41, 5.74) is 1.39. The number of aromatic nitrogens is 3.